The van der Waals surface area contributed by atoms with Gasteiger partial charge in [0.1, 0.15) is 24.2 Å². The van der Waals surface area contributed by atoms with Crippen molar-refractivity contribution in [1.29, 1.82) is 0 Å². The van der Waals surface area contributed by atoms with Gasteiger partial charge in [0.25, 0.3) is 5.91 Å². The number of carbonyl (C=O) groups excluding carboxylic acids is 5. The maximum atomic E-state index is 14.6. The van der Waals surface area contributed by atoms with E-state index >= 15 is 0 Å². The summed E-state index contributed by atoms with van der Waals surface area (Å²) in [4.78, 5) is 72.2. The van der Waals surface area contributed by atoms with E-state index in [0.29, 0.717) is 25.9 Å². The smallest absolute Gasteiger partial charge is 0.410 e. The van der Waals surface area contributed by atoms with Gasteiger partial charge in [-0.15, -0.1) is 13.0 Å². The number of nitrogens with one attached hydrogen (secondary N) is 3. The van der Waals surface area contributed by atoms with Crippen molar-refractivity contribution in [3.63, 3.8) is 0 Å². The van der Waals surface area contributed by atoms with Crippen molar-refractivity contribution < 1.29 is 41.9 Å². The van der Waals surface area contributed by atoms with E-state index in [-0.39, 0.29) is 25.0 Å². The second kappa shape index (κ2) is 16.3. The van der Waals surface area contributed by atoms with Gasteiger partial charge in [-0.1, -0.05) is 76.0 Å². The van der Waals surface area contributed by atoms with Crippen LogP contribution in [0.4, 0.5) is 9.59 Å². The minimum atomic E-state index is -4.00. The maximum Gasteiger partial charge on any atom is 0.410 e. The Bertz CT molecular complexity index is 1920. The van der Waals surface area contributed by atoms with Gasteiger partial charge in [0, 0.05) is 18.4 Å². The molecule has 3 heterocycles. The van der Waals surface area contributed by atoms with Gasteiger partial charge in [0.05, 0.1) is 30.9 Å². The second-order valence-electron chi connectivity index (χ2n) is 16.9. The molecular formula is C41H53N5O9S. The first kappa shape index (κ1) is 40.8. The fourth-order valence-corrected chi connectivity index (χ4v) is 9.57. The maximum absolute atomic E-state index is 14.6. The summed E-state index contributed by atoms with van der Waals surface area (Å²) in [6, 6.07) is 1.91. The number of ether oxygens (including phenoxy) is 2. The fourth-order valence-electron chi connectivity index (χ4n) is 8.24. The number of rotatable bonds is 7. The van der Waals surface area contributed by atoms with E-state index in [0.717, 1.165) is 55.2 Å². The van der Waals surface area contributed by atoms with Crippen LogP contribution in [-0.4, -0.2) is 90.8 Å². The van der Waals surface area contributed by atoms with Gasteiger partial charge >= 0.3 is 12.2 Å². The van der Waals surface area contributed by atoms with Crippen LogP contribution >= 0.6 is 0 Å². The molecule has 1 aromatic carbocycles. The summed E-state index contributed by atoms with van der Waals surface area (Å²) >= 11 is 0. The number of terminal acetylenes is 1. The zero-order chi connectivity index (χ0) is 40.4. The predicted octanol–water partition coefficient (Wildman–Crippen LogP) is 4.15. The lowest BCUT2D eigenvalue weighted by Gasteiger charge is -2.36. The van der Waals surface area contributed by atoms with Crippen LogP contribution in [0.3, 0.4) is 0 Å². The van der Waals surface area contributed by atoms with E-state index in [2.05, 4.69) is 35.3 Å². The van der Waals surface area contributed by atoms with Crippen molar-refractivity contribution in [2.75, 3.05) is 13.2 Å². The number of carbonyl (C=O) groups is 5. The quantitative estimate of drug-likeness (QED) is 0.270. The molecule has 2 aliphatic carbocycles. The van der Waals surface area contributed by atoms with Gasteiger partial charge in [-0.3, -0.25) is 24.0 Å². The Balaban J connectivity index is 1.31. The number of fused-ring (bicyclic) bond motifs is 3. The van der Waals surface area contributed by atoms with E-state index < -0.39 is 80.7 Å². The van der Waals surface area contributed by atoms with Gasteiger partial charge in [-0.2, -0.15) is 0 Å². The summed E-state index contributed by atoms with van der Waals surface area (Å²) in [5, 5.41) is 4.62. The van der Waals surface area contributed by atoms with Crippen LogP contribution in [0.15, 0.2) is 36.9 Å². The average Bonchev–Trinajstić information content (AvgIpc) is 3.55. The van der Waals surface area contributed by atoms with Crippen molar-refractivity contribution >= 4 is 46.0 Å². The second-order valence-corrected chi connectivity index (χ2v) is 18.8. The van der Waals surface area contributed by atoms with Crippen molar-refractivity contribution in [1.82, 2.24) is 25.2 Å². The van der Waals surface area contributed by atoms with E-state index in [1.807, 2.05) is 22.9 Å². The van der Waals surface area contributed by atoms with E-state index in [1.54, 1.807) is 25.7 Å². The van der Waals surface area contributed by atoms with Crippen LogP contribution in [0.25, 0.3) is 6.08 Å². The third-order valence-corrected chi connectivity index (χ3v) is 13.5. The molecule has 3 fully saturated rings. The molecule has 2 saturated carbocycles. The Hall–Kier alpha value is -4.84. The number of cyclic esters (lactones) is 1. The molecular weight excluding hydrogens is 739 g/mol. The summed E-state index contributed by atoms with van der Waals surface area (Å²) in [7, 11) is -4.00. The number of amides is 5. The van der Waals surface area contributed by atoms with Crippen LogP contribution in [-0.2, 0) is 47.0 Å². The molecule has 1 unspecified atom stereocenters. The highest BCUT2D eigenvalue weighted by Crippen LogP contribution is 2.43. The Kier molecular flexibility index (Phi) is 11.9. The molecule has 1 spiro atoms. The molecule has 3 N–H and O–H groups in total. The molecule has 302 valence electrons. The zero-order valence-corrected chi connectivity index (χ0v) is 33.2. The molecule has 6 rings (SSSR count). The molecule has 4 bridgehead atoms. The van der Waals surface area contributed by atoms with Crippen LogP contribution in [0, 0.1) is 29.1 Å². The third kappa shape index (κ3) is 9.06. The third-order valence-electron chi connectivity index (χ3n) is 11.7. The first-order valence-electron chi connectivity index (χ1n) is 19.5. The molecule has 5 amide bonds. The zero-order valence-electron chi connectivity index (χ0n) is 32.4. The lowest BCUT2D eigenvalue weighted by atomic mass is 9.82. The number of benzene rings is 1. The number of alkyl carbamates (subject to hydrolysis) is 1. The molecule has 15 heteroatoms. The highest BCUT2D eigenvalue weighted by molar-refractivity contribution is 7.90. The number of hydrogen-bond acceptors (Lipinski definition) is 9. The first-order chi connectivity index (χ1) is 26.5. The first-order valence-corrected chi connectivity index (χ1v) is 21.0. The molecule has 56 heavy (non-hydrogen) atoms. The normalized spacial score (nSPS) is 25.9. The minimum absolute atomic E-state index is 0.147. The van der Waals surface area contributed by atoms with Crippen molar-refractivity contribution in [3.8, 4) is 12.3 Å². The fraction of sp³-hybridized carbons (Fsp3) is 0.585. The van der Waals surface area contributed by atoms with Crippen molar-refractivity contribution in [2.24, 2.45) is 16.7 Å². The van der Waals surface area contributed by atoms with Crippen LogP contribution in [0.1, 0.15) is 95.2 Å². The van der Waals surface area contributed by atoms with Gasteiger partial charge < -0.3 is 25.0 Å². The van der Waals surface area contributed by atoms with E-state index in [4.69, 9.17) is 15.9 Å². The lowest BCUT2D eigenvalue weighted by Crippen LogP contribution is -2.60. The lowest BCUT2D eigenvalue weighted by molar-refractivity contribution is -0.142. The van der Waals surface area contributed by atoms with Gasteiger partial charge in [0.15, 0.2) is 0 Å². The van der Waals surface area contributed by atoms with Crippen molar-refractivity contribution in [2.45, 2.75) is 121 Å². The van der Waals surface area contributed by atoms with Gasteiger partial charge in [0.2, 0.25) is 21.8 Å². The number of sulfonamides is 1. The van der Waals surface area contributed by atoms with Crippen molar-refractivity contribution in [3.05, 3.63) is 53.6 Å². The highest BCUT2D eigenvalue weighted by Gasteiger charge is 2.48. The minimum Gasteiger partial charge on any atom is -0.449 e. The molecule has 1 aromatic rings. The Morgan fingerprint density at radius 1 is 1.12 bits per heavy atom. The number of nitrogens with zero attached hydrogens (tertiary/aromatic N) is 2. The Morgan fingerprint density at radius 3 is 2.52 bits per heavy atom. The number of hydrogen-bond donors (Lipinski definition) is 3. The highest BCUT2D eigenvalue weighted by atomic mass is 32.2. The molecule has 0 radical (unpaired) electrons. The monoisotopic (exact) mass is 791 g/mol. The standard InChI is InChI=1S/C41H53N5O9S/c1-6-26(7-2)33(36(48)44-56(52,53)30-16-17-30)42-35(47)32-21-29-23-46(32)37(49)34(40(3,4)5)43-38(50)54-25-41(19-10-11-20-41)18-9-8-13-27-14-12-15-28-22-45(24-31(27)28)39(51)55-29/h1,7-8,12-15,26,29-30,32-34H,2,9-11,16-25H2,3-5H3,(H,42,47)(H,43,50)(H,44,48)/b13-8+/t26-,29+,32-,33?,34+/m0/s1. The Morgan fingerprint density at radius 2 is 1.86 bits per heavy atom. The molecule has 5 aliphatic rings. The molecule has 3 aliphatic heterocycles. The summed E-state index contributed by atoms with van der Waals surface area (Å²) in [6.45, 7) is 9.60. The summed E-state index contributed by atoms with van der Waals surface area (Å²) in [5.41, 5.74) is 1.94. The molecule has 0 aromatic heterocycles. The van der Waals surface area contributed by atoms with E-state index in [1.165, 1.54) is 11.0 Å². The molecule has 14 nitrogen and oxygen atoms in total. The van der Waals surface area contributed by atoms with Crippen LogP contribution in [0.2, 0.25) is 0 Å². The van der Waals surface area contributed by atoms with E-state index in [9.17, 15) is 32.4 Å². The summed E-state index contributed by atoms with van der Waals surface area (Å²) in [5.74, 6) is -1.24. The molecule has 1 saturated heterocycles. The Labute approximate surface area is 329 Å². The summed E-state index contributed by atoms with van der Waals surface area (Å²) < 4.78 is 39.2. The van der Waals surface area contributed by atoms with Crippen LogP contribution < -0.4 is 15.4 Å². The predicted molar refractivity (Wildman–Crippen MR) is 208 cm³/mol. The SMILES string of the molecule is C#C[C@@H](C=C)C(NC(=O)[C@@H]1C[C@@H]2CN1C(=O)[C@H](C(C)(C)C)NC(=O)OCC1(CC/C=C/c3cccc4c3CN(C4)C(=O)O2)CCCC1)C(=O)NS(=O)(=O)C1CC1. The number of allylic oxidation sites excluding steroid dienone is 1. The summed E-state index contributed by atoms with van der Waals surface area (Å²) in [6.07, 6.45) is 14.9. The van der Waals surface area contributed by atoms with Gasteiger partial charge in [-0.05, 0) is 60.6 Å². The van der Waals surface area contributed by atoms with Gasteiger partial charge in [-0.25, -0.2) is 18.0 Å². The average molecular weight is 792 g/mol. The largest absolute Gasteiger partial charge is 0.449 e. The molecule has 5 atom stereocenters. The topological polar surface area (TPSA) is 181 Å². The van der Waals surface area contributed by atoms with Crippen LogP contribution in [0.5, 0.6) is 0 Å².